The molecule has 0 saturated carbocycles. The third kappa shape index (κ3) is 5.09. The van der Waals surface area contributed by atoms with Gasteiger partial charge in [0.2, 0.25) is 0 Å². The van der Waals surface area contributed by atoms with Crippen molar-refractivity contribution in [1.29, 1.82) is 0 Å². The number of aromatic hydroxyl groups is 1. The zero-order valence-corrected chi connectivity index (χ0v) is 11.7. The fourth-order valence-electron chi connectivity index (χ4n) is 2.41. The van der Waals surface area contributed by atoms with E-state index in [1.165, 1.54) is 12.8 Å². The molecule has 2 amide bonds. The highest BCUT2D eigenvalue weighted by Crippen LogP contribution is 2.09. The molecule has 1 aliphatic rings. The number of rotatable bonds is 6. The van der Waals surface area contributed by atoms with Gasteiger partial charge in [-0.25, -0.2) is 4.79 Å². The van der Waals surface area contributed by atoms with Crippen molar-refractivity contribution < 1.29 is 9.90 Å². The first kappa shape index (κ1) is 14.7. The second-order valence-corrected chi connectivity index (χ2v) is 5.18. The van der Waals surface area contributed by atoms with Crippen molar-refractivity contribution in [2.75, 3.05) is 19.6 Å². The predicted molar refractivity (Wildman–Crippen MR) is 78.9 cm³/mol. The molecule has 1 aromatic rings. The van der Waals surface area contributed by atoms with E-state index in [1.54, 1.807) is 12.1 Å². The molecule has 0 radical (unpaired) electrons. The molecular weight excluding hydrogens is 254 g/mol. The summed E-state index contributed by atoms with van der Waals surface area (Å²) in [4.78, 5) is 11.6. The molecule has 5 heteroatoms. The van der Waals surface area contributed by atoms with Gasteiger partial charge in [-0.1, -0.05) is 12.1 Å². The third-order valence-electron chi connectivity index (χ3n) is 3.58. The lowest BCUT2D eigenvalue weighted by Crippen LogP contribution is -2.38. The van der Waals surface area contributed by atoms with E-state index in [0.717, 1.165) is 24.9 Å². The topological polar surface area (TPSA) is 73.4 Å². The van der Waals surface area contributed by atoms with Crippen molar-refractivity contribution >= 4 is 6.03 Å². The quantitative estimate of drug-likeness (QED) is 0.634. The molecule has 20 heavy (non-hydrogen) atoms. The van der Waals surface area contributed by atoms with Crippen LogP contribution in [-0.2, 0) is 6.42 Å². The Morgan fingerprint density at radius 3 is 2.70 bits per heavy atom. The van der Waals surface area contributed by atoms with Gasteiger partial charge in [0.25, 0.3) is 0 Å². The molecule has 0 aliphatic carbocycles. The minimum atomic E-state index is -0.109. The second kappa shape index (κ2) is 7.75. The van der Waals surface area contributed by atoms with E-state index < -0.39 is 0 Å². The molecule has 0 spiro atoms. The van der Waals surface area contributed by atoms with Crippen molar-refractivity contribution in [3.63, 3.8) is 0 Å². The number of nitrogens with one attached hydrogen (secondary N) is 3. The number of benzene rings is 1. The highest BCUT2D eigenvalue weighted by molar-refractivity contribution is 5.73. The zero-order chi connectivity index (χ0) is 14.2. The zero-order valence-electron chi connectivity index (χ0n) is 11.7. The summed E-state index contributed by atoms with van der Waals surface area (Å²) >= 11 is 0. The van der Waals surface area contributed by atoms with E-state index in [0.29, 0.717) is 19.1 Å². The minimum absolute atomic E-state index is 0.109. The van der Waals surface area contributed by atoms with Crippen LogP contribution in [0.2, 0.25) is 0 Å². The molecule has 2 rings (SSSR count). The lowest BCUT2D eigenvalue weighted by Gasteiger charge is -2.11. The van der Waals surface area contributed by atoms with Crippen molar-refractivity contribution in [3.05, 3.63) is 29.8 Å². The number of hydrogen-bond donors (Lipinski definition) is 4. The Morgan fingerprint density at radius 1 is 1.25 bits per heavy atom. The normalized spacial score (nSPS) is 17.9. The van der Waals surface area contributed by atoms with Crippen LogP contribution in [0.15, 0.2) is 24.3 Å². The summed E-state index contributed by atoms with van der Waals surface area (Å²) in [5, 5.41) is 18.3. The van der Waals surface area contributed by atoms with Gasteiger partial charge < -0.3 is 21.1 Å². The smallest absolute Gasteiger partial charge is 0.314 e. The van der Waals surface area contributed by atoms with Crippen LogP contribution >= 0.6 is 0 Å². The lowest BCUT2D eigenvalue weighted by atomic mass is 10.1. The van der Waals surface area contributed by atoms with Gasteiger partial charge in [-0.05, 0) is 49.9 Å². The van der Waals surface area contributed by atoms with E-state index in [4.69, 9.17) is 0 Å². The summed E-state index contributed by atoms with van der Waals surface area (Å²) in [5.41, 5.74) is 1.10. The van der Waals surface area contributed by atoms with E-state index in [2.05, 4.69) is 16.0 Å². The van der Waals surface area contributed by atoms with E-state index in [1.807, 2.05) is 12.1 Å². The molecule has 1 fully saturated rings. The number of phenols is 1. The average molecular weight is 277 g/mol. The molecule has 1 saturated heterocycles. The fraction of sp³-hybridized carbons (Fsp3) is 0.533. The van der Waals surface area contributed by atoms with Crippen molar-refractivity contribution in [2.24, 2.45) is 0 Å². The van der Waals surface area contributed by atoms with Gasteiger partial charge in [0.1, 0.15) is 5.75 Å². The molecular formula is C15H23N3O2. The third-order valence-corrected chi connectivity index (χ3v) is 3.58. The van der Waals surface area contributed by atoms with Crippen molar-refractivity contribution in [2.45, 2.75) is 31.7 Å². The molecule has 1 aliphatic heterocycles. The summed E-state index contributed by atoms with van der Waals surface area (Å²) in [6.45, 7) is 2.41. The Kier molecular flexibility index (Phi) is 5.68. The van der Waals surface area contributed by atoms with Crippen LogP contribution in [0.5, 0.6) is 5.75 Å². The number of urea groups is 1. The molecule has 1 atom stereocenters. The van der Waals surface area contributed by atoms with Crippen molar-refractivity contribution in [1.82, 2.24) is 16.0 Å². The first-order valence-corrected chi connectivity index (χ1v) is 7.27. The summed E-state index contributed by atoms with van der Waals surface area (Å²) in [5.74, 6) is 0.264. The number of amides is 2. The standard InChI is InChI=1S/C15H23N3O2/c19-14-5-3-12(4-6-14)7-10-17-15(20)18-11-8-13-2-1-9-16-13/h3-6,13,16,19H,1-2,7-11H2,(H2,17,18,20)/t13-/m1/s1. The summed E-state index contributed by atoms with van der Waals surface area (Å²) in [6.07, 6.45) is 4.21. The molecule has 0 bridgehead atoms. The fourth-order valence-corrected chi connectivity index (χ4v) is 2.41. The van der Waals surface area contributed by atoms with Gasteiger partial charge in [0, 0.05) is 19.1 Å². The van der Waals surface area contributed by atoms with E-state index in [9.17, 15) is 9.90 Å². The van der Waals surface area contributed by atoms with Gasteiger partial charge in [-0.3, -0.25) is 0 Å². The number of phenolic OH excluding ortho intramolecular Hbond substituents is 1. The average Bonchev–Trinajstić information content (AvgIpc) is 2.94. The Morgan fingerprint density at radius 2 is 2.00 bits per heavy atom. The number of carbonyl (C=O) groups excluding carboxylic acids is 1. The molecule has 1 heterocycles. The second-order valence-electron chi connectivity index (χ2n) is 5.18. The van der Waals surface area contributed by atoms with Gasteiger partial charge >= 0.3 is 6.03 Å². The van der Waals surface area contributed by atoms with Gasteiger partial charge in [0.15, 0.2) is 0 Å². The molecule has 110 valence electrons. The van der Waals surface area contributed by atoms with Gasteiger partial charge in [-0.2, -0.15) is 0 Å². The van der Waals surface area contributed by atoms with Crippen LogP contribution in [0.4, 0.5) is 4.79 Å². The molecule has 4 N–H and O–H groups in total. The Hall–Kier alpha value is -1.75. The summed E-state index contributed by atoms with van der Waals surface area (Å²) in [6, 6.07) is 7.49. The summed E-state index contributed by atoms with van der Waals surface area (Å²) < 4.78 is 0. The van der Waals surface area contributed by atoms with Crippen LogP contribution < -0.4 is 16.0 Å². The molecule has 5 nitrogen and oxygen atoms in total. The molecule has 0 aromatic heterocycles. The monoisotopic (exact) mass is 277 g/mol. The maximum absolute atomic E-state index is 11.6. The van der Waals surface area contributed by atoms with Gasteiger partial charge in [0.05, 0.1) is 0 Å². The van der Waals surface area contributed by atoms with Gasteiger partial charge in [-0.15, -0.1) is 0 Å². The van der Waals surface area contributed by atoms with Crippen LogP contribution in [-0.4, -0.2) is 36.8 Å². The van der Waals surface area contributed by atoms with Crippen LogP contribution in [0, 0.1) is 0 Å². The van der Waals surface area contributed by atoms with Crippen molar-refractivity contribution in [3.8, 4) is 5.75 Å². The molecule has 1 aromatic carbocycles. The SMILES string of the molecule is O=C(NCCc1ccc(O)cc1)NCC[C@H]1CCCN1. The predicted octanol–water partition coefficient (Wildman–Crippen LogP) is 1.38. The highest BCUT2D eigenvalue weighted by atomic mass is 16.3. The first-order chi connectivity index (χ1) is 9.74. The van der Waals surface area contributed by atoms with Crippen LogP contribution in [0.1, 0.15) is 24.8 Å². The Labute approximate surface area is 119 Å². The highest BCUT2D eigenvalue weighted by Gasteiger charge is 2.13. The maximum Gasteiger partial charge on any atom is 0.314 e. The van der Waals surface area contributed by atoms with E-state index >= 15 is 0 Å². The number of hydrogen-bond acceptors (Lipinski definition) is 3. The van der Waals surface area contributed by atoms with Crippen LogP contribution in [0.25, 0.3) is 0 Å². The Bertz CT molecular complexity index is 414. The minimum Gasteiger partial charge on any atom is -0.508 e. The first-order valence-electron chi connectivity index (χ1n) is 7.27. The lowest BCUT2D eigenvalue weighted by molar-refractivity contribution is 0.240. The van der Waals surface area contributed by atoms with E-state index in [-0.39, 0.29) is 11.8 Å². The van der Waals surface area contributed by atoms with Crippen LogP contribution in [0.3, 0.4) is 0 Å². The number of carbonyl (C=O) groups is 1. The maximum atomic E-state index is 11.6. The Balaban J connectivity index is 1.54. The molecule has 0 unspecified atom stereocenters. The summed E-state index contributed by atoms with van der Waals surface area (Å²) in [7, 11) is 0. The largest absolute Gasteiger partial charge is 0.508 e.